The lowest BCUT2D eigenvalue weighted by Crippen LogP contribution is -2.50. The molecule has 1 aliphatic heterocycles. The van der Waals surface area contributed by atoms with Crippen molar-refractivity contribution in [1.29, 1.82) is 0 Å². The summed E-state index contributed by atoms with van der Waals surface area (Å²) in [6, 6.07) is 13.0. The molecule has 0 saturated carbocycles. The summed E-state index contributed by atoms with van der Waals surface area (Å²) in [6.45, 7) is 6.43. The van der Waals surface area contributed by atoms with Crippen LogP contribution in [0.4, 0.5) is 5.69 Å². The third-order valence-corrected chi connectivity index (χ3v) is 5.15. The Bertz CT molecular complexity index is 863. The minimum absolute atomic E-state index is 0.00894. The van der Waals surface area contributed by atoms with E-state index in [1.165, 1.54) is 0 Å². The van der Waals surface area contributed by atoms with Crippen molar-refractivity contribution < 1.29 is 9.59 Å². The van der Waals surface area contributed by atoms with Crippen LogP contribution in [-0.4, -0.2) is 22.8 Å². The highest BCUT2D eigenvalue weighted by atomic mass is 35.5. The summed E-state index contributed by atoms with van der Waals surface area (Å²) in [5, 5.41) is 3.41. The number of rotatable bonds is 4. The van der Waals surface area contributed by atoms with E-state index in [2.05, 4.69) is 5.32 Å². The van der Waals surface area contributed by atoms with Crippen LogP contribution in [0.3, 0.4) is 0 Å². The van der Waals surface area contributed by atoms with Gasteiger partial charge in [0, 0.05) is 19.4 Å². The van der Waals surface area contributed by atoms with E-state index in [-0.39, 0.29) is 17.7 Å². The van der Waals surface area contributed by atoms with Crippen molar-refractivity contribution in [2.45, 2.75) is 46.2 Å². The predicted octanol–water partition coefficient (Wildman–Crippen LogP) is 4.59. The predicted molar refractivity (Wildman–Crippen MR) is 109 cm³/mol. The molecule has 4 nitrogen and oxygen atoms in total. The van der Waals surface area contributed by atoms with Gasteiger partial charge in [0.25, 0.3) is 0 Å². The molecule has 0 radical (unpaired) electrons. The Kier molecular flexibility index (Phi) is 5.85. The first-order chi connectivity index (χ1) is 12.8. The minimum Gasteiger partial charge on any atom is -0.326 e. The van der Waals surface area contributed by atoms with Crippen molar-refractivity contribution >= 4 is 29.1 Å². The SMILES string of the molecule is Cc1ccc(NC(=O)C2Cc3ccccc3CN2C(=O)CC(C)C)c(Cl)c1. The lowest BCUT2D eigenvalue weighted by Gasteiger charge is -2.36. The van der Waals surface area contributed by atoms with Crippen LogP contribution < -0.4 is 5.32 Å². The molecular weight excluding hydrogens is 360 g/mol. The number of carbonyl (C=O) groups excluding carboxylic acids is 2. The molecule has 1 atom stereocenters. The maximum absolute atomic E-state index is 13.1. The van der Waals surface area contributed by atoms with E-state index in [1.807, 2.05) is 57.2 Å². The van der Waals surface area contributed by atoms with Gasteiger partial charge in [-0.3, -0.25) is 9.59 Å². The lowest BCUT2D eigenvalue weighted by atomic mass is 9.92. The maximum atomic E-state index is 13.1. The van der Waals surface area contributed by atoms with Crippen molar-refractivity contribution in [1.82, 2.24) is 4.90 Å². The number of nitrogens with one attached hydrogen (secondary N) is 1. The molecule has 142 valence electrons. The van der Waals surface area contributed by atoms with Crippen LogP contribution in [0.15, 0.2) is 42.5 Å². The number of hydrogen-bond donors (Lipinski definition) is 1. The summed E-state index contributed by atoms with van der Waals surface area (Å²) in [7, 11) is 0. The first-order valence-corrected chi connectivity index (χ1v) is 9.66. The maximum Gasteiger partial charge on any atom is 0.247 e. The van der Waals surface area contributed by atoms with Crippen molar-refractivity contribution in [3.05, 3.63) is 64.2 Å². The Hall–Kier alpha value is -2.33. The van der Waals surface area contributed by atoms with E-state index in [1.54, 1.807) is 11.0 Å². The van der Waals surface area contributed by atoms with Crippen LogP contribution in [-0.2, 0) is 22.6 Å². The third-order valence-electron chi connectivity index (χ3n) is 4.84. The Morgan fingerprint density at radius 2 is 1.89 bits per heavy atom. The number of amides is 2. The molecule has 0 aromatic heterocycles. The zero-order chi connectivity index (χ0) is 19.6. The smallest absolute Gasteiger partial charge is 0.247 e. The number of hydrogen-bond acceptors (Lipinski definition) is 2. The van der Waals surface area contributed by atoms with Gasteiger partial charge >= 0.3 is 0 Å². The van der Waals surface area contributed by atoms with Gasteiger partial charge in [-0.25, -0.2) is 0 Å². The minimum atomic E-state index is -0.538. The Morgan fingerprint density at radius 1 is 1.19 bits per heavy atom. The second kappa shape index (κ2) is 8.13. The first kappa shape index (κ1) is 19.4. The van der Waals surface area contributed by atoms with Gasteiger partial charge < -0.3 is 10.2 Å². The molecule has 27 heavy (non-hydrogen) atoms. The molecule has 2 aromatic rings. The summed E-state index contributed by atoms with van der Waals surface area (Å²) in [5.41, 5.74) is 3.81. The zero-order valence-electron chi connectivity index (χ0n) is 16.0. The van der Waals surface area contributed by atoms with Crippen LogP contribution in [0.1, 0.15) is 37.0 Å². The molecule has 3 rings (SSSR count). The first-order valence-electron chi connectivity index (χ1n) is 9.28. The van der Waals surface area contributed by atoms with Crippen molar-refractivity contribution in [2.75, 3.05) is 5.32 Å². The van der Waals surface area contributed by atoms with Crippen molar-refractivity contribution in [3.63, 3.8) is 0 Å². The Labute approximate surface area is 165 Å². The van der Waals surface area contributed by atoms with Gasteiger partial charge in [-0.1, -0.05) is 55.8 Å². The molecule has 0 aliphatic carbocycles. The molecule has 0 spiro atoms. The number of anilines is 1. The van der Waals surface area contributed by atoms with E-state index in [0.29, 0.717) is 30.1 Å². The average Bonchev–Trinajstić information content (AvgIpc) is 2.62. The number of nitrogens with zero attached hydrogens (tertiary/aromatic N) is 1. The normalized spacial score (nSPS) is 16.2. The van der Waals surface area contributed by atoms with E-state index in [9.17, 15) is 9.59 Å². The topological polar surface area (TPSA) is 49.4 Å². The van der Waals surface area contributed by atoms with Crippen LogP contribution in [0.2, 0.25) is 5.02 Å². The molecule has 1 aliphatic rings. The fourth-order valence-electron chi connectivity index (χ4n) is 3.42. The van der Waals surface area contributed by atoms with E-state index in [4.69, 9.17) is 11.6 Å². The van der Waals surface area contributed by atoms with E-state index < -0.39 is 6.04 Å². The third kappa shape index (κ3) is 4.51. The molecule has 5 heteroatoms. The molecule has 2 amide bonds. The standard InChI is InChI=1S/C22H25ClN2O2/c1-14(2)10-21(26)25-13-17-7-5-4-6-16(17)12-20(25)22(27)24-19-9-8-15(3)11-18(19)23/h4-9,11,14,20H,10,12-13H2,1-3H3,(H,24,27). The quantitative estimate of drug-likeness (QED) is 0.838. The fourth-order valence-corrected chi connectivity index (χ4v) is 3.71. The highest BCUT2D eigenvalue weighted by Crippen LogP contribution is 2.27. The monoisotopic (exact) mass is 384 g/mol. The van der Waals surface area contributed by atoms with Gasteiger partial charge in [0.05, 0.1) is 10.7 Å². The van der Waals surface area contributed by atoms with Crippen LogP contribution >= 0.6 is 11.6 Å². The summed E-state index contributed by atoms with van der Waals surface area (Å²) >= 11 is 6.27. The molecule has 0 saturated heterocycles. The fraction of sp³-hybridized carbons (Fsp3) is 0.364. The number of fused-ring (bicyclic) bond motifs is 1. The summed E-state index contributed by atoms with van der Waals surface area (Å²) < 4.78 is 0. The molecule has 0 bridgehead atoms. The average molecular weight is 385 g/mol. The number of aryl methyl sites for hydroxylation is 1. The molecule has 1 unspecified atom stereocenters. The number of benzene rings is 2. The highest BCUT2D eigenvalue weighted by Gasteiger charge is 2.34. The Morgan fingerprint density at radius 3 is 2.56 bits per heavy atom. The number of halogens is 1. The molecule has 1 heterocycles. The van der Waals surface area contributed by atoms with Crippen molar-refractivity contribution in [3.8, 4) is 0 Å². The molecule has 0 fully saturated rings. The molecule has 1 N–H and O–H groups in total. The van der Waals surface area contributed by atoms with Gasteiger partial charge in [-0.2, -0.15) is 0 Å². The van der Waals surface area contributed by atoms with Gasteiger partial charge in [-0.15, -0.1) is 0 Å². The second-order valence-electron chi connectivity index (χ2n) is 7.58. The summed E-state index contributed by atoms with van der Waals surface area (Å²) in [4.78, 5) is 27.6. The van der Waals surface area contributed by atoms with Crippen LogP contribution in [0, 0.1) is 12.8 Å². The van der Waals surface area contributed by atoms with E-state index in [0.717, 1.165) is 16.7 Å². The Balaban J connectivity index is 1.86. The van der Waals surface area contributed by atoms with Gasteiger partial charge in [-0.05, 0) is 41.7 Å². The van der Waals surface area contributed by atoms with E-state index >= 15 is 0 Å². The van der Waals surface area contributed by atoms with Gasteiger partial charge in [0.1, 0.15) is 6.04 Å². The second-order valence-corrected chi connectivity index (χ2v) is 7.99. The highest BCUT2D eigenvalue weighted by molar-refractivity contribution is 6.33. The zero-order valence-corrected chi connectivity index (χ0v) is 16.7. The van der Waals surface area contributed by atoms with Crippen molar-refractivity contribution in [2.24, 2.45) is 5.92 Å². The van der Waals surface area contributed by atoms with Gasteiger partial charge in [0.2, 0.25) is 11.8 Å². The number of carbonyl (C=O) groups is 2. The summed E-state index contributed by atoms with van der Waals surface area (Å²) in [5.74, 6) is 0.0481. The van der Waals surface area contributed by atoms with Crippen LogP contribution in [0.25, 0.3) is 0 Å². The van der Waals surface area contributed by atoms with Crippen LogP contribution in [0.5, 0.6) is 0 Å². The summed E-state index contributed by atoms with van der Waals surface area (Å²) in [6.07, 6.45) is 0.937. The molecule has 2 aromatic carbocycles. The van der Waals surface area contributed by atoms with Gasteiger partial charge in [0.15, 0.2) is 0 Å². The lowest BCUT2D eigenvalue weighted by molar-refractivity contribution is -0.140. The molecular formula is C22H25ClN2O2. The largest absolute Gasteiger partial charge is 0.326 e.